The summed E-state index contributed by atoms with van der Waals surface area (Å²) in [7, 11) is 0. The van der Waals surface area contributed by atoms with E-state index in [-0.39, 0.29) is 17.5 Å². The van der Waals surface area contributed by atoms with Crippen LogP contribution >= 0.6 is 0 Å². The van der Waals surface area contributed by atoms with Gasteiger partial charge in [-0.1, -0.05) is 56.4 Å². The van der Waals surface area contributed by atoms with Gasteiger partial charge in [0.05, 0.1) is 17.7 Å². The Balaban J connectivity index is 1.51. The van der Waals surface area contributed by atoms with Gasteiger partial charge >= 0.3 is 5.97 Å². The van der Waals surface area contributed by atoms with E-state index in [1.54, 1.807) is 12.1 Å². The number of hydrogen-bond donors (Lipinski definition) is 2. The van der Waals surface area contributed by atoms with Gasteiger partial charge in [0.1, 0.15) is 0 Å². The Labute approximate surface area is 167 Å². The summed E-state index contributed by atoms with van der Waals surface area (Å²) in [6.45, 7) is 0.610. The van der Waals surface area contributed by atoms with Gasteiger partial charge < -0.3 is 15.1 Å². The van der Waals surface area contributed by atoms with Crippen LogP contribution < -0.4 is 0 Å². The number of carbonyl (C=O) groups excluding carboxylic acids is 1. The van der Waals surface area contributed by atoms with E-state index in [9.17, 15) is 14.7 Å². The molecule has 0 bridgehead atoms. The van der Waals surface area contributed by atoms with Gasteiger partial charge in [0.15, 0.2) is 0 Å². The molecule has 0 aromatic heterocycles. The minimum atomic E-state index is -0.932. The zero-order valence-corrected chi connectivity index (χ0v) is 16.4. The highest BCUT2D eigenvalue weighted by molar-refractivity contribution is 5.87. The third kappa shape index (κ3) is 5.68. The van der Waals surface area contributed by atoms with Crippen molar-refractivity contribution in [2.45, 2.75) is 69.9 Å². The first-order valence-corrected chi connectivity index (χ1v) is 10.5. The van der Waals surface area contributed by atoms with Crippen LogP contribution in [0.25, 0.3) is 0 Å². The summed E-state index contributed by atoms with van der Waals surface area (Å²) in [6, 6.07) is 6.86. The van der Waals surface area contributed by atoms with Crippen molar-refractivity contribution in [3.05, 3.63) is 47.5 Å². The summed E-state index contributed by atoms with van der Waals surface area (Å²) < 4.78 is 0. The number of aliphatic hydroxyl groups is 1. The van der Waals surface area contributed by atoms with E-state index < -0.39 is 12.1 Å². The van der Waals surface area contributed by atoms with Crippen LogP contribution in [0.1, 0.15) is 67.3 Å². The Morgan fingerprint density at radius 1 is 1.14 bits per heavy atom. The molecule has 1 saturated carbocycles. The van der Waals surface area contributed by atoms with E-state index in [1.165, 1.54) is 32.1 Å². The summed E-state index contributed by atoms with van der Waals surface area (Å²) in [4.78, 5) is 25.1. The van der Waals surface area contributed by atoms with Gasteiger partial charge in [0.2, 0.25) is 5.91 Å². The molecule has 1 amide bonds. The number of carbonyl (C=O) groups is 2. The second kappa shape index (κ2) is 9.87. The average molecular weight is 386 g/mol. The quantitative estimate of drug-likeness (QED) is 0.667. The van der Waals surface area contributed by atoms with E-state index in [0.29, 0.717) is 25.3 Å². The molecule has 1 aliphatic carbocycles. The Bertz CT molecular complexity index is 691. The van der Waals surface area contributed by atoms with Crippen molar-refractivity contribution >= 4 is 11.9 Å². The molecule has 5 nitrogen and oxygen atoms in total. The fraction of sp³-hybridized carbons (Fsp3) is 0.565. The number of likely N-dealkylation sites (tertiary alicyclic amines) is 1. The van der Waals surface area contributed by atoms with Crippen LogP contribution in [-0.4, -0.2) is 45.7 Å². The van der Waals surface area contributed by atoms with E-state index in [2.05, 4.69) is 0 Å². The number of hydrogen-bond acceptors (Lipinski definition) is 3. The molecule has 2 N–H and O–H groups in total. The van der Waals surface area contributed by atoms with Gasteiger partial charge in [-0.3, -0.25) is 4.79 Å². The molecule has 0 radical (unpaired) electrons. The van der Waals surface area contributed by atoms with Gasteiger partial charge in [0.25, 0.3) is 0 Å². The monoisotopic (exact) mass is 385 g/mol. The first-order valence-electron chi connectivity index (χ1n) is 10.5. The fourth-order valence-electron chi connectivity index (χ4n) is 4.41. The normalized spacial score (nSPS) is 22.1. The van der Waals surface area contributed by atoms with E-state index in [4.69, 9.17) is 5.11 Å². The molecule has 1 aliphatic heterocycles. The lowest BCUT2D eigenvalue weighted by atomic mass is 9.85. The minimum absolute atomic E-state index is 0.0480. The van der Waals surface area contributed by atoms with Crippen molar-refractivity contribution in [1.82, 2.24) is 4.90 Å². The number of aliphatic hydroxyl groups excluding tert-OH is 1. The molecule has 2 atom stereocenters. The Hall–Kier alpha value is -2.14. The van der Waals surface area contributed by atoms with Gasteiger partial charge in [-0.25, -0.2) is 4.79 Å². The number of carboxylic acid groups (broad SMARTS) is 1. The molecule has 1 heterocycles. The Morgan fingerprint density at radius 3 is 2.54 bits per heavy atom. The van der Waals surface area contributed by atoms with Crippen LogP contribution in [0.15, 0.2) is 36.4 Å². The number of amides is 1. The lowest BCUT2D eigenvalue weighted by Crippen LogP contribution is -2.33. The second-order valence-corrected chi connectivity index (χ2v) is 8.14. The molecule has 3 rings (SSSR count). The number of carboxylic acids is 1. The van der Waals surface area contributed by atoms with Crippen molar-refractivity contribution in [2.75, 3.05) is 6.54 Å². The zero-order valence-electron chi connectivity index (χ0n) is 16.4. The minimum Gasteiger partial charge on any atom is -0.478 e. The highest BCUT2D eigenvalue weighted by atomic mass is 16.4. The number of aromatic carboxylic acids is 1. The number of rotatable bonds is 8. The second-order valence-electron chi connectivity index (χ2n) is 8.14. The maximum absolute atomic E-state index is 12.3. The molecule has 2 fully saturated rings. The third-order valence-corrected chi connectivity index (χ3v) is 6.07. The molecule has 152 valence electrons. The lowest BCUT2D eigenvalue weighted by Gasteiger charge is -2.24. The van der Waals surface area contributed by atoms with E-state index in [1.807, 2.05) is 29.2 Å². The third-order valence-electron chi connectivity index (χ3n) is 6.07. The predicted octanol–water partition coefficient (Wildman–Crippen LogP) is 3.81. The van der Waals surface area contributed by atoms with Crippen LogP contribution in [0.5, 0.6) is 0 Å². The number of benzene rings is 1. The molecular formula is C23H31NO4. The highest BCUT2D eigenvalue weighted by Gasteiger charge is 2.28. The standard InChI is InChI=1S/C23H31NO4/c25-21(16-18-4-2-1-3-5-18)12-10-20-11-13-22(26)24(20)15-14-17-6-8-19(9-7-17)23(27)28/h6-10,12,18,20-21,25H,1-5,11,13-16H2,(H,27,28)/b12-10+/t20-,21+/m0/s1. The largest absolute Gasteiger partial charge is 0.478 e. The number of nitrogens with zero attached hydrogens (tertiary/aromatic N) is 1. The lowest BCUT2D eigenvalue weighted by molar-refractivity contribution is -0.128. The predicted molar refractivity (Wildman–Crippen MR) is 108 cm³/mol. The molecule has 1 aromatic rings. The average Bonchev–Trinajstić information content (AvgIpc) is 3.05. The van der Waals surface area contributed by atoms with Crippen molar-refractivity contribution in [3.63, 3.8) is 0 Å². The molecule has 2 aliphatic rings. The summed E-state index contributed by atoms with van der Waals surface area (Å²) >= 11 is 0. The Kier molecular flexibility index (Phi) is 7.26. The van der Waals surface area contributed by atoms with Gasteiger partial charge in [-0.15, -0.1) is 0 Å². The SMILES string of the molecule is O=C(O)c1ccc(CCN2C(=O)CC[C@@H]2/C=C/[C@@H](O)CC2CCCCC2)cc1. The zero-order chi connectivity index (χ0) is 19.9. The first-order chi connectivity index (χ1) is 13.5. The van der Waals surface area contributed by atoms with Crippen LogP contribution in [0.4, 0.5) is 0 Å². The maximum Gasteiger partial charge on any atom is 0.335 e. The summed E-state index contributed by atoms with van der Waals surface area (Å²) in [5.41, 5.74) is 1.29. The van der Waals surface area contributed by atoms with Crippen LogP contribution in [0.3, 0.4) is 0 Å². The van der Waals surface area contributed by atoms with Crippen molar-refractivity contribution in [1.29, 1.82) is 0 Å². The van der Waals surface area contributed by atoms with Crippen LogP contribution in [-0.2, 0) is 11.2 Å². The summed E-state index contributed by atoms with van der Waals surface area (Å²) in [6.07, 6.45) is 12.6. The summed E-state index contributed by atoms with van der Waals surface area (Å²) in [5, 5.41) is 19.3. The van der Waals surface area contributed by atoms with Crippen molar-refractivity contribution < 1.29 is 19.8 Å². The molecule has 1 aromatic carbocycles. The topological polar surface area (TPSA) is 77.8 Å². The molecule has 0 spiro atoms. The smallest absolute Gasteiger partial charge is 0.335 e. The van der Waals surface area contributed by atoms with Crippen molar-refractivity contribution in [2.24, 2.45) is 5.92 Å². The highest BCUT2D eigenvalue weighted by Crippen LogP contribution is 2.28. The Morgan fingerprint density at radius 2 is 1.86 bits per heavy atom. The molecule has 5 heteroatoms. The van der Waals surface area contributed by atoms with Gasteiger partial charge in [0, 0.05) is 13.0 Å². The maximum atomic E-state index is 12.3. The van der Waals surface area contributed by atoms with Crippen LogP contribution in [0, 0.1) is 5.92 Å². The molecule has 28 heavy (non-hydrogen) atoms. The van der Waals surface area contributed by atoms with Crippen LogP contribution in [0.2, 0.25) is 0 Å². The van der Waals surface area contributed by atoms with E-state index >= 15 is 0 Å². The van der Waals surface area contributed by atoms with Crippen molar-refractivity contribution in [3.8, 4) is 0 Å². The van der Waals surface area contributed by atoms with Gasteiger partial charge in [-0.05, 0) is 42.9 Å². The fourth-order valence-corrected chi connectivity index (χ4v) is 4.41. The van der Waals surface area contributed by atoms with E-state index in [0.717, 1.165) is 18.4 Å². The molecule has 1 saturated heterocycles. The van der Waals surface area contributed by atoms with Gasteiger partial charge in [-0.2, -0.15) is 0 Å². The first kappa shape index (κ1) is 20.6. The molecular weight excluding hydrogens is 354 g/mol. The molecule has 0 unspecified atom stereocenters. The summed E-state index contributed by atoms with van der Waals surface area (Å²) in [5.74, 6) is -0.152.